The fourth-order valence-corrected chi connectivity index (χ4v) is 5.57. The lowest BCUT2D eigenvalue weighted by atomic mass is 10.1. The van der Waals surface area contributed by atoms with Gasteiger partial charge in [0.1, 0.15) is 23.0 Å². The SMILES string of the molecule is O=S(=O)(O)c1cc(O)c2c(O)cc(S(=O)(=O)O)cc2c1.O=S(=O)(O)c1cc(O)c2c(O)cc(S(=O)(=O)O)cc2c1. The summed E-state index contributed by atoms with van der Waals surface area (Å²) in [5.41, 5.74) is 0. The van der Waals surface area contributed by atoms with Gasteiger partial charge >= 0.3 is 0 Å². The van der Waals surface area contributed by atoms with Gasteiger partial charge in [-0.25, -0.2) is 0 Å². The Kier molecular flexibility index (Phi) is 7.70. The molecule has 0 atom stereocenters. The maximum Gasteiger partial charge on any atom is 0.294 e. The van der Waals surface area contributed by atoms with Crippen molar-refractivity contribution in [3.8, 4) is 23.0 Å². The molecule has 4 aromatic rings. The number of benzene rings is 4. The first-order chi connectivity index (χ1) is 18.0. The number of phenolic OH excluding ortho intramolecular Hbond substituents is 4. The van der Waals surface area contributed by atoms with E-state index in [0.717, 1.165) is 24.3 Å². The molecule has 0 aliphatic carbocycles. The fraction of sp³-hybridized carbons (Fsp3) is 0. The van der Waals surface area contributed by atoms with Gasteiger partial charge in [0, 0.05) is 24.3 Å². The molecule has 0 heterocycles. The summed E-state index contributed by atoms with van der Waals surface area (Å²) >= 11 is 0. The van der Waals surface area contributed by atoms with Crippen molar-refractivity contribution in [1.82, 2.24) is 0 Å². The van der Waals surface area contributed by atoms with Crippen LogP contribution in [0.1, 0.15) is 0 Å². The van der Waals surface area contributed by atoms with Crippen LogP contribution in [0, 0.1) is 0 Å². The van der Waals surface area contributed by atoms with Crippen LogP contribution in [0.5, 0.6) is 23.0 Å². The van der Waals surface area contributed by atoms with Gasteiger partial charge in [0.15, 0.2) is 0 Å². The van der Waals surface area contributed by atoms with Crippen LogP contribution in [0.15, 0.2) is 68.1 Å². The first-order valence-corrected chi connectivity index (χ1v) is 15.7. The van der Waals surface area contributed by atoms with Crippen molar-refractivity contribution >= 4 is 62.0 Å². The van der Waals surface area contributed by atoms with Crippen LogP contribution in [-0.2, 0) is 40.5 Å². The summed E-state index contributed by atoms with van der Waals surface area (Å²) in [6, 6.07) is 6.18. The van der Waals surface area contributed by atoms with Crippen LogP contribution in [0.3, 0.4) is 0 Å². The maximum atomic E-state index is 11.0. The second-order valence-corrected chi connectivity index (χ2v) is 13.6. The molecule has 0 amide bonds. The monoisotopic (exact) mass is 640 g/mol. The predicted molar refractivity (Wildman–Crippen MR) is 134 cm³/mol. The molecule has 0 aliphatic heterocycles. The molecular weight excluding hydrogens is 624 g/mol. The Morgan fingerprint density at radius 3 is 0.675 bits per heavy atom. The second-order valence-electron chi connectivity index (χ2n) is 7.87. The zero-order valence-electron chi connectivity index (χ0n) is 19.1. The third-order valence-corrected chi connectivity index (χ3v) is 8.43. The predicted octanol–water partition coefficient (Wildman–Crippen LogP) is 1.49. The molecule has 4 aromatic carbocycles. The molecule has 0 unspecified atom stereocenters. The van der Waals surface area contributed by atoms with Gasteiger partial charge in [-0.1, -0.05) is 0 Å². The van der Waals surface area contributed by atoms with E-state index in [9.17, 15) is 54.1 Å². The normalized spacial score (nSPS) is 12.7. The fourth-order valence-electron chi connectivity index (χ4n) is 3.43. The molecule has 0 fully saturated rings. The van der Waals surface area contributed by atoms with E-state index in [-0.39, 0.29) is 21.5 Å². The molecule has 0 radical (unpaired) electrons. The van der Waals surface area contributed by atoms with Crippen molar-refractivity contribution < 1.29 is 72.3 Å². The molecule has 40 heavy (non-hydrogen) atoms. The number of rotatable bonds is 4. The Bertz CT molecular complexity index is 1830. The van der Waals surface area contributed by atoms with Crippen LogP contribution in [-0.4, -0.2) is 72.3 Å². The zero-order valence-corrected chi connectivity index (χ0v) is 22.4. The third-order valence-electron chi connectivity index (χ3n) is 5.10. The average molecular weight is 641 g/mol. The van der Waals surface area contributed by atoms with Crippen LogP contribution >= 0.6 is 0 Å². The molecular formula is C20H16O16S4. The minimum Gasteiger partial charge on any atom is -0.507 e. The zero-order chi connectivity index (χ0) is 30.6. The first-order valence-electron chi connectivity index (χ1n) is 9.89. The van der Waals surface area contributed by atoms with E-state index in [2.05, 4.69) is 0 Å². The van der Waals surface area contributed by atoms with E-state index in [1.165, 1.54) is 0 Å². The second kappa shape index (κ2) is 10.0. The van der Waals surface area contributed by atoms with Gasteiger partial charge in [0.05, 0.1) is 30.4 Å². The van der Waals surface area contributed by atoms with Crippen molar-refractivity contribution in [2.24, 2.45) is 0 Å². The topological polar surface area (TPSA) is 298 Å². The molecule has 16 nitrogen and oxygen atoms in total. The summed E-state index contributed by atoms with van der Waals surface area (Å²) in [4.78, 5) is -2.74. The quantitative estimate of drug-likeness (QED) is 0.146. The number of phenols is 4. The number of fused-ring (bicyclic) bond motifs is 2. The summed E-state index contributed by atoms with van der Waals surface area (Å²) in [6.07, 6.45) is 0. The Labute approximate surface area is 225 Å². The van der Waals surface area contributed by atoms with Gasteiger partial charge in [-0.15, -0.1) is 0 Å². The highest BCUT2D eigenvalue weighted by Crippen LogP contribution is 2.38. The van der Waals surface area contributed by atoms with Crippen molar-refractivity contribution in [1.29, 1.82) is 0 Å². The third kappa shape index (κ3) is 6.51. The van der Waals surface area contributed by atoms with Crippen molar-refractivity contribution in [3.63, 3.8) is 0 Å². The molecule has 0 saturated carbocycles. The van der Waals surface area contributed by atoms with E-state index in [0.29, 0.717) is 24.3 Å². The number of hydrogen-bond acceptors (Lipinski definition) is 12. The molecule has 0 aliphatic rings. The summed E-state index contributed by atoms with van der Waals surface area (Å²) in [5.74, 6) is -2.69. The Hall–Kier alpha value is -3.76. The van der Waals surface area contributed by atoms with E-state index >= 15 is 0 Å². The molecule has 0 aromatic heterocycles. The summed E-state index contributed by atoms with van der Waals surface area (Å²) in [7, 11) is -18.5. The largest absolute Gasteiger partial charge is 0.507 e. The van der Waals surface area contributed by atoms with E-state index in [1.54, 1.807) is 0 Å². The number of hydrogen-bond donors (Lipinski definition) is 8. The summed E-state index contributed by atoms with van der Waals surface area (Å²) < 4.78 is 124. The highest BCUT2D eigenvalue weighted by molar-refractivity contribution is 7.86. The van der Waals surface area contributed by atoms with Crippen molar-refractivity contribution in [2.75, 3.05) is 0 Å². The van der Waals surface area contributed by atoms with Gasteiger partial charge in [0.2, 0.25) is 0 Å². The number of aromatic hydroxyl groups is 4. The van der Waals surface area contributed by atoms with E-state index in [4.69, 9.17) is 18.2 Å². The van der Waals surface area contributed by atoms with Gasteiger partial charge < -0.3 is 20.4 Å². The standard InChI is InChI=1S/2C10H8O8S2/c2*11-8-3-6(19(13,14)15)1-5-2-7(20(16,17)18)4-9(12)10(5)8/h2*1-4,11-12H,(H,13,14,15)(H,16,17,18). The summed E-state index contributed by atoms with van der Waals surface area (Å²) in [5, 5.41) is 37.8. The Morgan fingerprint density at radius 2 is 0.525 bits per heavy atom. The highest BCUT2D eigenvalue weighted by atomic mass is 32.2. The van der Waals surface area contributed by atoms with Crippen molar-refractivity contribution in [2.45, 2.75) is 19.6 Å². The van der Waals surface area contributed by atoms with Crippen LogP contribution < -0.4 is 0 Å². The van der Waals surface area contributed by atoms with Crippen molar-refractivity contribution in [3.05, 3.63) is 48.5 Å². The average Bonchev–Trinajstić information content (AvgIpc) is 2.76. The molecule has 20 heteroatoms. The minimum atomic E-state index is -4.63. The minimum absolute atomic E-state index is 0.190. The van der Waals surface area contributed by atoms with Crippen LogP contribution in [0.2, 0.25) is 0 Å². The van der Waals surface area contributed by atoms with E-state index in [1.807, 2.05) is 0 Å². The molecule has 0 bridgehead atoms. The molecule has 8 N–H and O–H groups in total. The maximum absolute atomic E-state index is 11.0. The summed E-state index contributed by atoms with van der Waals surface area (Å²) in [6.45, 7) is 0. The van der Waals surface area contributed by atoms with Gasteiger partial charge in [-0.2, -0.15) is 33.7 Å². The Balaban J connectivity index is 0.000000220. The molecule has 216 valence electrons. The van der Waals surface area contributed by atoms with E-state index < -0.39 is 83.1 Å². The van der Waals surface area contributed by atoms with Gasteiger partial charge in [0.25, 0.3) is 40.5 Å². The lowest BCUT2D eigenvalue weighted by Crippen LogP contribution is -2.00. The van der Waals surface area contributed by atoms with Gasteiger partial charge in [-0.05, 0) is 35.0 Å². The lowest BCUT2D eigenvalue weighted by molar-refractivity contribution is 0.456. The lowest BCUT2D eigenvalue weighted by Gasteiger charge is -2.08. The highest BCUT2D eigenvalue weighted by Gasteiger charge is 2.20. The van der Waals surface area contributed by atoms with Crippen LogP contribution in [0.4, 0.5) is 0 Å². The van der Waals surface area contributed by atoms with Gasteiger partial charge in [-0.3, -0.25) is 18.2 Å². The molecule has 0 spiro atoms. The smallest absolute Gasteiger partial charge is 0.294 e. The molecule has 0 saturated heterocycles. The van der Waals surface area contributed by atoms with Crippen LogP contribution in [0.25, 0.3) is 21.5 Å². The first kappa shape index (κ1) is 30.8. The Morgan fingerprint density at radius 1 is 0.350 bits per heavy atom. The molecule has 4 rings (SSSR count).